The average Bonchev–Trinajstić information content (AvgIpc) is 2.09. The Morgan fingerprint density at radius 1 is 1.50 bits per heavy atom. The minimum atomic E-state index is -0.248. The summed E-state index contributed by atoms with van der Waals surface area (Å²) in [5.74, 6) is -0.0409. The van der Waals surface area contributed by atoms with Crippen LogP contribution in [0, 0.1) is 0 Å². The average molecular weight is 219 g/mol. The zero-order chi connectivity index (χ0) is 11.2. The first-order valence-electron chi connectivity index (χ1n) is 4.78. The summed E-state index contributed by atoms with van der Waals surface area (Å²) in [5, 5.41) is 3.27. The van der Waals surface area contributed by atoms with Gasteiger partial charge in [0.15, 0.2) is 0 Å². The molecular weight excluding hydrogens is 198 g/mol. The van der Waals surface area contributed by atoms with Gasteiger partial charge in [0.1, 0.15) is 6.61 Å². The number of carbonyl (C=O) groups is 1. The van der Waals surface area contributed by atoms with E-state index in [9.17, 15) is 4.79 Å². The fourth-order valence-corrected chi connectivity index (χ4v) is 0.924. The van der Waals surface area contributed by atoms with Crippen molar-refractivity contribution in [1.29, 1.82) is 0 Å². The highest BCUT2D eigenvalue weighted by Gasteiger charge is 2.12. The van der Waals surface area contributed by atoms with Gasteiger partial charge in [-0.05, 0) is 27.0 Å². The van der Waals surface area contributed by atoms with E-state index in [1.54, 1.807) is 11.8 Å². The van der Waals surface area contributed by atoms with Crippen LogP contribution in [0.2, 0.25) is 0 Å². The first kappa shape index (κ1) is 13.8. The van der Waals surface area contributed by atoms with Gasteiger partial charge in [0.05, 0.1) is 5.60 Å². The largest absolute Gasteiger partial charge is 0.366 e. The van der Waals surface area contributed by atoms with E-state index in [0.29, 0.717) is 11.8 Å². The fourth-order valence-electron chi connectivity index (χ4n) is 0.674. The number of rotatable bonds is 5. The highest BCUT2D eigenvalue weighted by Crippen LogP contribution is 2.06. The summed E-state index contributed by atoms with van der Waals surface area (Å²) in [4.78, 5) is 11.3. The Hall–Kier alpha value is -0.220. The molecule has 0 fully saturated rings. The lowest BCUT2D eigenvalue weighted by molar-refractivity contribution is -0.130. The summed E-state index contributed by atoms with van der Waals surface area (Å²) < 4.78 is 5.34. The van der Waals surface area contributed by atoms with E-state index in [1.165, 1.54) is 0 Å². The van der Waals surface area contributed by atoms with E-state index in [-0.39, 0.29) is 18.1 Å². The van der Waals surface area contributed by atoms with Crippen LogP contribution in [0.5, 0.6) is 0 Å². The predicted molar refractivity (Wildman–Crippen MR) is 61.7 cm³/mol. The third-order valence-electron chi connectivity index (χ3n) is 1.63. The van der Waals surface area contributed by atoms with Gasteiger partial charge in [-0.3, -0.25) is 4.79 Å². The van der Waals surface area contributed by atoms with E-state index in [4.69, 9.17) is 4.74 Å². The summed E-state index contributed by atoms with van der Waals surface area (Å²) in [6, 6.07) is 0. The van der Waals surface area contributed by atoms with Crippen molar-refractivity contribution >= 4 is 17.7 Å². The Labute approximate surface area is 91.0 Å². The zero-order valence-electron chi connectivity index (χ0n) is 9.72. The van der Waals surface area contributed by atoms with E-state index >= 15 is 0 Å². The second kappa shape index (κ2) is 6.30. The van der Waals surface area contributed by atoms with Gasteiger partial charge in [0.25, 0.3) is 0 Å². The third-order valence-corrected chi connectivity index (χ3v) is 2.60. The van der Waals surface area contributed by atoms with Crippen LogP contribution in [-0.2, 0) is 9.53 Å². The molecule has 1 amide bonds. The fraction of sp³-hybridized carbons (Fsp3) is 0.900. The van der Waals surface area contributed by atoms with Crippen LogP contribution < -0.4 is 5.32 Å². The van der Waals surface area contributed by atoms with Gasteiger partial charge < -0.3 is 10.1 Å². The lowest BCUT2D eigenvalue weighted by atomic mass is 10.2. The Balaban J connectivity index is 3.57. The van der Waals surface area contributed by atoms with Crippen molar-refractivity contribution in [3.63, 3.8) is 0 Å². The van der Waals surface area contributed by atoms with Crippen molar-refractivity contribution in [2.24, 2.45) is 0 Å². The second-order valence-electron chi connectivity index (χ2n) is 4.25. The molecule has 0 aliphatic heterocycles. The van der Waals surface area contributed by atoms with Crippen LogP contribution in [0.1, 0.15) is 27.7 Å². The summed E-state index contributed by atoms with van der Waals surface area (Å²) in [6.45, 7) is 8.73. The highest BCUT2D eigenvalue weighted by atomic mass is 32.2. The maximum absolute atomic E-state index is 11.3. The molecule has 0 aromatic heterocycles. The Kier molecular flexibility index (Phi) is 6.20. The Bertz CT molecular complexity index is 177. The van der Waals surface area contributed by atoms with E-state index in [2.05, 4.69) is 12.2 Å². The quantitative estimate of drug-likeness (QED) is 0.764. The number of ether oxygens (including phenoxy) is 1. The van der Waals surface area contributed by atoms with Crippen LogP contribution in [0.3, 0.4) is 0 Å². The van der Waals surface area contributed by atoms with Crippen LogP contribution in [-0.4, -0.2) is 36.2 Å². The van der Waals surface area contributed by atoms with Gasteiger partial charge in [0, 0.05) is 11.8 Å². The van der Waals surface area contributed by atoms with Crippen molar-refractivity contribution in [1.82, 2.24) is 5.32 Å². The molecule has 0 aromatic carbocycles. The number of hydrogen-bond donors (Lipinski definition) is 1. The van der Waals surface area contributed by atoms with Crippen LogP contribution in [0.25, 0.3) is 0 Å². The molecule has 0 radical (unpaired) electrons. The maximum atomic E-state index is 11.3. The van der Waals surface area contributed by atoms with Gasteiger partial charge >= 0.3 is 0 Å². The van der Waals surface area contributed by atoms with Gasteiger partial charge in [-0.2, -0.15) is 11.8 Å². The van der Waals surface area contributed by atoms with Gasteiger partial charge in [-0.15, -0.1) is 0 Å². The molecule has 0 rings (SSSR count). The molecule has 4 heteroatoms. The lowest BCUT2D eigenvalue weighted by Gasteiger charge is -2.19. The van der Waals surface area contributed by atoms with Crippen molar-refractivity contribution in [3.8, 4) is 0 Å². The van der Waals surface area contributed by atoms with E-state index < -0.39 is 0 Å². The molecule has 1 unspecified atom stereocenters. The molecule has 1 N–H and O–H groups in total. The van der Waals surface area contributed by atoms with Gasteiger partial charge in [0.2, 0.25) is 5.91 Å². The van der Waals surface area contributed by atoms with Gasteiger partial charge in [-0.25, -0.2) is 0 Å². The number of hydrogen-bond acceptors (Lipinski definition) is 3. The molecule has 0 bridgehead atoms. The second-order valence-corrected chi connectivity index (χ2v) is 5.53. The SMILES string of the molecule is CSC(C)CNC(=O)COC(C)(C)C. The third kappa shape index (κ3) is 8.38. The molecular formula is C10H21NO2S. The first-order chi connectivity index (χ1) is 6.35. The molecule has 0 heterocycles. The summed E-state index contributed by atoms with van der Waals surface area (Å²) in [6.07, 6.45) is 2.03. The van der Waals surface area contributed by atoms with Crippen LogP contribution in [0.15, 0.2) is 0 Å². The molecule has 0 spiro atoms. The van der Waals surface area contributed by atoms with E-state index in [1.807, 2.05) is 27.0 Å². The Morgan fingerprint density at radius 2 is 2.07 bits per heavy atom. The predicted octanol–water partition coefficient (Wildman–Crippen LogP) is 1.67. The van der Waals surface area contributed by atoms with Crippen LogP contribution >= 0.6 is 11.8 Å². The minimum Gasteiger partial charge on any atom is -0.366 e. The lowest BCUT2D eigenvalue weighted by Crippen LogP contribution is -2.35. The molecule has 0 aromatic rings. The monoisotopic (exact) mass is 219 g/mol. The number of carbonyl (C=O) groups excluding carboxylic acids is 1. The molecule has 0 saturated heterocycles. The number of amides is 1. The Morgan fingerprint density at radius 3 is 2.50 bits per heavy atom. The topological polar surface area (TPSA) is 38.3 Å². The molecule has 1 atom stereocenters. The minimum absolute atomic E-state index is 0.0409. The van der Waals surface area contributed by atoms with Crippen molar-refractivity contribution < 1.29 is 9.53 Å². The molecule has 0 aliphatic rings. The first-order valence-corrected chi connectivity index (χ1v) is 6.07. The van der Waals surface area contributed by atoms with Crippen molar-refractivity contribution in [2.45, 2.75) is 38.5 Å². The standard InChI is InChI=1S/C10H21NO2S/c1-8(14-5)6-11-9(12)7-13-10(2,3)4/h8H,6-7H2,1-5H3,(H,11,12). The molecule has 3 nitrogen and oxygen atoms in total. The molecule has 14 heavy (non-hydrogen) atoms. The van der Waals surface area contributed by atoms with E-state index in [0.717, 1.165) is 0 Å². The van der Waals surface area contributed by atoms with Crippen molar-refractivity contribution in [2.75, 3.05) is 19.4 Å². The molecule has 0 saturated carbocycles. The normalized spacial score (nSPS) is 13.8. The summed E-state index contributed by atoms with van der Waals surface area (Å²) in [7, 11) is 0. The number of nitrogens with one attached hydrogen (secondary N) is 1. The summed E-state index contributed by atoms with van der Waals surface area (Å²) >= 11 is 1.73. The highest BCUT2D eigenvalue weighted by molar-refractivity contribution is 7.99. The summed E-state index contributed by atoms with van der Waals surface area (Å²) in [5.41, 5.74) is -0.248. The van der Waals surface area contributed by atoms with Gasteiger partial charge in [-0.1, -0.05) is 6.92 Å². The van der Waals surface area contributed by atoms with Crippen LogP contribution in [0.4, 0.5) is 0 Å². The van der Waals surface area contributed by atoms with Crippen molar-refractivity contribution in [3.05, 3.63) is 0 Å². The zero-order valence-corrected chi connectivity index (χ0v) is 10.5. The smallest absolute Gasteiger partial charge is 0.246 e. The molecule has 0 aliphatic carbocycles. The number of thioether (sulfide) groups is 1. The maximum Gasteiger partial charge on any atom is 0.246 e. The molecule has 84 valence electrons.